The van der Waals surface area contributed by atoms with Crippen molar-refractivity contribution in [1.29, 1.82) is 0 Å². The highest BCUT2D eigenvalue weighted by atomic mass is 16.6. The highest BCUT2D eigenvalue weighted by Gasteiger charge is 2.13. The summed E-state index contributed by atoms with van der Waals surface area (Å²) in [5.41, 5.74) is 2.44. The normalized spacial score (nSPS) is 18.8. The Kier molecular flexibility index (Phi) is 4.99. The van der Waals surface area contributed by atoms with E-state index >= 15 is 0 Å². The Morgan fingerprint density at radius 2 is 2.10 bits per heavy atom. The van der Waals surface area contributed by atoms with Gasteiger partial charge in [0, 0.05) is 24.8 Å². The summed E-state index contributed by atoms with van der Waals surface area (Å²) >= 11 is 0. The van der Waals surface area contributed by atoms with Crippen LogP contribution < -0.4 is 5.32 Å². The molecule has 1 aliphatic heterocycles. The van der Waals surface area contributed by atoms with E-state index in [1.165, 1.54) is 11.1 Å². The molecular formula is C16H21N3O2. The van der Waals surface area contributed by atoms with Crippen molar-refractivity contribution in [2.24, 2.45) is 0 Å². The van der Waals surface area contributed by atoms with E-state index in [4.69, 9.17) is 9.47 Å². The van der Waals surface area contributed by atoms with Gasteiger partial charge in [-0.15, -0.1) is 0 Å². The molecule has 0 amide bonds. The maximum absolute atomic E-state index is 5.59. The Morgan fingerprint density at radius 3 is 2.90 bits per heavy atom. The first-order valence-corrected chi connectivity index (χ1v) is 7.35. The number of rotatable bonds is 6. The molecule has 1 N–H and O–H groups in total. The summed E-state index contributed by atoms with van der Waals surface area (Å²) in [6.07, 6.45) is 4.16. The molecule has 5 heteroatoms. The van der Waals surface area contributed by atoms with Crippen LogP contribution in [0.1, 0.15) is 11.1 Å². The van der Waals surface area contributed by atoms with Gasteiger partial charge in [0.15, 0.2) is 0 Å². The van der Waals surface area contributed by atoms with E-state index in [0.29, 0.717) is 19.8 Å². The molecule has 2 aromatic rings. The highest BCUT2D eigenvalue weighted by molar-refractivity contribution is 5.15. The Morgan fingerprint density at radius 1 is 1.19 bits per heavy atom. The van der Waals surface area contributed by atoms with Crippen LogP contribution in [0.3, 0.4) is 0 Å². The molecule has 1 unspecified atom stereocenters. The van der Waals surface area contributed by atoms with Crippen LogP contribution in [0.5, 0.6) is 0 Å². The molecule has 0 spiro atoms. The van der Waals surface area contributed by atoms with Crippen LogP contribution in [0.25, 0.3) is 0 Å². The highest BCUT2D eigenvalue weighted by Crippen LogP contribution is 2.04. The minimum Gasteiger partial charge on any atom is -0.376 e. The lowest BCUT2D eigenvalue weighted by Crippen LogP contribution is -2.37. The molecule has 0 bridgehead atoms. The lowest BCUT2D eigenvalue weighted by Gasteiger charge is -2.23. The molecular weight excluding hydrogens is 266 g/mol. The molecule has 0 aliphatic carbocycles. The SMILES string of the molecule is c1ccc(Cn2cc(CNCC3COCCO3)cn2)cc1. The zero-order valence-corrected chi connectivity index (χ0v) is 12.1. The van der Waals surface area contributed by atoms with E-state index in [9.17, 15) is 0 Å². The minimum absolute atomic E-state index is 0.165. The zero-order chi connectivity index (χ0) is 14.3. The number of benzene rings is 1. The van der Waals surface area contributed by atoms with E-state index in [-0.39, 0.29) is 6.10 Å². The molecule has 5 nitrogen and oxygen atoms in total. The van der Waals surface area contributed by atoms with E-state index in [2.05, 4.69) is 28.7 Å². The molecule has 0 radical (unpaired) electrons. The zero-order valence-electron chi connectivity index (χ0n) is 12.1. The van der Waals surface area contributed by atoms with Gasteiger partial charge >= 0.3 is 0 Å². The molecule has 0 saturated carbocycles. The molecule has 1 saturated heterocycles. The molecule has 112 valence electrons. The number of ether oxygens (including phenoxy) is 2. The van der Waals surface area contributed by atoms with Crippen molar-refractivity contribution < 1.29 is 9.47 Å². The molecule has 1 aliphatic rings. The van der Waals surface area contributed by atoms with Crippen molar-refractivity contribution in [3.63, 3.8) is 0 Å². The lowest BCUT2D eigenvalue weighted by molar-refractivity contribution is -0.0864. The molecule has 3 rings (SSSR count). The Bertz CT molecular complexity index is 535. The van der Waals surface area contributed by atoms with Crippen LogP contribution in [0.2, 0.25) is 0 Å². The predicted molar refractivity (Wildman–Crippen MR) is 80.0 cm³/mol. The third kappa shape index (κ3) is 4.39. The lowest BCUT2D eigenvalue weighted by atomic mass is 10.2. The first-order chi connectivity index (χ1) is 10.4. The average molecular weight is 287 g/mol. The van der Waals surface area contributed by atoms with Gasteiger partial charge in [0.2, 0.25) is 0 Å². The van der Waals surface area contributed by atoms with Gasteiger partial charge in [0.05, 0.1) is 38.7 Å². The monoisotopic (exact) mass is 287 g/mol. The van der Waals surface area contributed by atoms with Gasteiger partial charge in [-0.25, -0.2) is 0 Å². The first-order valence-electron chi connectivity index (χ1n) is 7.35. The van der Waals surface area contributed by atoms with Gasteiger partial charge in [-0.3, -0.25) is 4.68 Å². The van der Waals surface area contributed by atoms with Gasteiger partial charge in [-0.05, 0) is 5.56 Å². The summed E-state index contributed by atoms with van der Waals surface area (Å²) in [5, 5.41) is 7.79. The van der Waals surface area contributed by atoms with E-state index < -0.39 is 0 Å². The summed E-state index contributed by atoms with van der Waals surface area (Å²) in [6, 6.07) is 10.3. The van der Waals surface area contributed by atoms with Crippen molar-refractivity contribution in [2.75, 3.05) is 26.4 Å². The molecule has 1 aromatic heterocycles. The Balaban J connectivity index is 1.44. The van der Waals surface area contributed by atoms with Gasteiger partial charge in [0.1, 0.15) is 0 Å². The summed E-state index contributed by atoms with van der Waals surface area (Å²) in [5.74, 6) is 0. The second-order valence-electron chi connectivity index (χ2n) is 5.23. The van der Waals surface area contributed by atoms with Crippen LogP contribution in [0, 0.1) is 0 Å². The average Bonchev–Trinajstić information content (AvgIpc) is 2.97. The van der Waals surface area contributed by atoms with E-state index in [1.54, 1.807) is 0 Å². The number of hydrogen-bond donors (Lipinski definition) is 1. The molecule has 1 atom stereocenters. The smallest absolute Gasteiger partial charge is 0.0933 e. The third-order valence-corrected chi connectivity index (χ3v) is 3.46. The third-order valence-electron chi connectivity index (χ3n) is 3.46. The number of nitrogens with one attached hydrogen (secondary N) is 1. The van der Waals surface area contributed by atoms with Gasteiger partial charge < -0.3 is 14.8 Å². The second-order valence-corrected chi connectivity index (χ2v) is 5.23. The summed E-state index contributed by atoms with van der Waals surface area (Å²) < 4.78 is 12.9. The van der Waals surface area contributed by atoms with Crippen LogP contribution in [-0.2, 0) is 22.6 Å². The molecule has 2 heterocycles. The van der Waals surface area contributed by atoms with Crippen LogP contribution in [-0.4, -0.2) is 42.2 Å². The number of hydrogen-bond acceptors (Lipinski definition) is 4. The van der Waals surface area contributed by atoms with Crippen LogP contribution in [0.4, 0.5) is 0 Å². The van der Waals surface area contributed by atoms with Crippen molar-refractivity contribution in [3.8, 4) is 0 Å². The van der Waals surface area contributed by atoms with Crippen molar-refractivity contribution in [3.05, 3.63) is 53.9 Å². The quantitative estimate of drug-likeness (QED) is 0.873. The van der Waals surface area contributed by atoms with Crippen molar-refractivity contribution >= 4 is 0 Å². The fraction of sp³-hybridized carbons (Fsp3) is 0.438. The Hall–Kier alpha value is -1.69. The maximum Gasteiger partial charge on any atom is 0.0933 e. The topological polar surface area (TPSA) is 48.3 Å². The summed E-state index contributed by atoms with van der Waals surface area (Å²) in [7, 11) is 0. The van der Waals surface area contributed by atoms with Gasteiger partial charge in [-0.1, -0.05) is 30.3 Å². The molecule has 1 aromatic carbocycles. The maximum atomic E-state index is 5.59. The predicted octanol–water partition coefficient (Wildman–Crippen LogP) is 1.44. The van der Waals surface area contributed by atoms with Gasteiger partial charge in [0.25, 0.3) is 0 Å². The minimum atomic E-state index is 0.165. The molecule has 1 fully saturated rings. The van der Waals surface area contributed by atoms with E-state index in [1.807, 2.05) is 29.1 Å². The summed E-state index contributed by atoms with van der Waals surface area (Å²) in [4.78, 5) is 0. The number of aromatic nitrogens is 2. The van der Waals surface area contributed by atoms with Crippen LogP contribution in [0.15, 0.2) is 42.7 Å². The largest absolute Gasteiger partial charge is 0.376 e. The Labute approximate surface area is 124 Å². The molecule has 21 heavy (non-hydrogen) atoms. The van der Waals surface area contributed by atoms with Crippen molar-refractivity contribution in [1.82, 2.24) is 15.1 Å². The second kappa shape index (κ2) is 7.36. The first kappa shape index (κ1) is 14.3. The van der Waals surface area contributed by atoms with E-state index in [0.717, 1.165) is 19.6 Å². The van der Waals surface area contributed by atoms with Crippen molar-refractivity contribution in [2.45, 2.75) is 19.2 Å². The van der Waals surface area contributed by atoms with Gasteiger partial charge in [-0.2, -0.15) is 5.10 Å². The summed E-state index contributed by atoms with van der Waals surface area (Å²) in [6.45, 7) is 4.50. The van der Waals surface area contributed by atoms with Crippen LogP contribution >= 0.6 is 0 Å². The fourth-order valence-electron chi connectivity index (χ4n) is 2.39. The number of nitrogens with zero attached hydrogens (tertiary/aromatic N) is 2. The standard InChI is InChI=1S/C16H21N3O2/c1-2-4-14(5-3-1)11-19-12-15(9-18-19)8-17-10-16-13-20-6-7-21-16/h1-5,9,12,16-17H,6-8,10-11,13H2. The fourth-order valence-corrected chi connectivity index (χ4v) is 2.39.